The van der Waals surface area contributed by atoms with Gasteiger partial charge in [0.05, 0.1) is 13.2 Å². The van der Waals surface area contributed by atoms with Gasteiger partial charge < -0.3 is 9.64 Å². The van der Waals surface area contributed by atoms with Gasteiger partial charge >= 0.3 is 0 Å². The van der Waals surface area contributed by atoms with Crippen molar-refractivity contribution >= 4 is 0 Å². The van der Waals surface area contributed by atoms with Crippen LogP contribution in [0, 0.1) is 11.3 Å². The van der Waals surface area contributed by atoms with E-state index in [-0.39, 0.29) is 0 Å². The van der Waals surface area contributed by atoms with Gasteiger partial charge in [-0.3, -0.25) is 5.32 Å². The van der Waals surface area contributed by atoms with Crippen LogP contribution in [-0.2, 0) is 12.0 Å². The average molecular weight is 273 g/mol. The lowest BCUT2D eigenvalue weighted by Gasteiger charge is -2.35. The van der Waals surface area contributed by atoms with Crippen LogP contribution in [0.1, 0.15) is 24.0 Å². The molecule has 1 N–H and O–H groups in total. The third kappa shape index (κ3) is 2.95. The summed E-state index contributed by atoms with van der Waals surface area (Å²) in [5.41, 5.74) is 1.78. The van der Waals surface area contributed by atoms with Crippen molar-refractivity contribution in [2.75, 3.05) is 34.3 Å². The number of rotatable bonds is 5. The second-order valence-corrected chi connectivity index (χ2v) is 5.62. The van der Waals surface area contributed by atoms with Crippen LogP contribution in [-0.4, -0.2) is 39.2 Å². The van der Waals surface area contributed by atoms with E-state index >= 15 is 0 Å². The fraction of sp³-hybridized carbons (Fsp3) is 0.562. The quantitative estimate of drug-likeness (QED) is 0.890. The first kappa shape index (κ1) is 14.8. The summed E-state index contributed by atoms with van der Waals surface area (Å²) in [4.78, 5) is 2.12. The first-order valence-corrected chi connectivity index (χ1v) is 7.10. The first-order chi connectivity index (χ1) is 9.61. The van der Waals surface area contributed by atoms with Crippen LogP contribution in [0.2, 0.25) is 0 Å². The summed E-state index contributed by atoms with van der Waals surface area (Å²) in [6.07, 6.45) is 2.94. The summed E-state index contributed by atoms with van der Waals surface area (Å²) in [5.74, 6) is 0.819. The molecule has 2 rings (SSSR count). The van der Waals surface area contributed by atoms with E-state index < -0.39 is 5.54 Å². The normalized spacial score (nSPS) is 21.4. The highest BCUT2D eigenvalue weighted by Crippen LogP contribution is 2.36. The average Bonchev–Trinajstić information content (AvgIpc) is 2.46. The Bertz CT molecular complexity index is 507. The largest absolute Gasteiger partial charge is 0.497 e. The van der Waals surface area contributed by atoms with Gasteiger partial charge in [0, 0.05) is 13.1 Å². The second kappa shape index (κ2) is 6.25. The monoisotopic (exact) mass is 273 g/mol. The van der Waals surface area contributed by atoms with Crippen LogP contribution in [0.4, 0.5) is 0 Å². The van der Waals surface area contributed by atoms with Gasteiger partial charge in [-0.2, -0.15) is 5.26 Å². The molecule has 0 spiro atoms. The molecule has 0 heterocycles. The summed E-state index contributed by atoms with van der Waals surface area (Å²) in [7, 11) is 5.75. The predicted octanol–water partition coefficient (Wildman–Crippen LogP) is 1.90. The van der Waals surface area contributed by atoms with Crippen molar-refractivity contribution in [3.8, 4) is 11.8 Å². The number of nitrogens with one attached hydrogen (secondary N) is 1. The second-order valence-electron chi connectivity index (χ2n) is 5.62. The summed E-state index contributed by atoms with van der Waals surface area (Å²) in [6.45, 7) is 1.72. The maximum absolute atomic E-state index is 9.75. The van der Waals surface area contributed by atoms with E-state index in [1.807, 2.05) is 26.2 Å². The van der Waals surface area contributed by atoms with Gasteiger partial charge in [0.2, 0.25) is 0 Å². The minimum Gasteiger partial charge on any atom is -0.497 e. The van der Waals surface area contributed by atoms with Crippen molar-refractivity contribution in [3.05, 3.63) is 29.3 Å². The Hall–Kier alpha value is -1.57. The highest BCUT2D eigenvalue weighted by molar-refractivity contribution is 5.45. The molecule has 0 aliphatic heterocycles. The molecule has 20 heavy (non-hydrogen) atoms. The zero-order valence-corrected chi connectivity index (χ0v) is 12.6. The zero-order chi connectivity index (χ0) is 14.6. The van der Waals surface area contributed by atoms with E-state index in [1.54, 1.807) is 7.11 Å². The smallest absolute Gasteiger partial charge is 0.132 e. The third-order valence-electron chi connectivity index (χ3n) is 3.95. The van der Waals surface area contributed by atoms with Crippen molar-refractivity contribution in [3.63, 3.8) is 0 Å². The van der Waals surface area contributed by atoms with Gasteiger partial charge in [0.1, 0.15) is 11.3 Å². The summed E-state index contributed by atoms with van der Waals surface area (Å²) >= 11 is 0. The van der Waals surface area contributed by atoms with Gasteiger partial charge in [-0.1, -0.05) is 6.07 Å². The van der Waals surface area contributed by atoms with Gasteiger partial charge in [-0.25, -0.2) is 0 Å². The number of nitriles is 1. The molecule has 1 aromatic rings. The number of nitrogens with zero attached hydrogens (tertiary/aromatic N) is 2. The van der Waals surface area contributed by atoms with Crippen LogP contribution in [0.3, 0.4) is 0 Å². The molecule has 0 saturated carbocycles. The van der Waals surface area contributed by atoms with Gasteiger partial charge in [-0.15, -0.1) is 0 Å². The molecule has 0 aromatic heterocycles. The Morgan fingerprint density at radius 3 is 2.90 bits per heavy atom. The minimum atomic E-state index is -0.571. The van der Waals surface area contributed by atoms with Crippen molar-refractivity contribution in [2.24, 2.45) is 0 Å². The van der Waals surface area contributed by atoms with Crippen LogP contribution in [0.15, 0.2) is 18.2 Å². The molecule has 4 heteroatoms. The lowest BCUT2D eigenvalue weighted by atomic mass is 9.77. The predicted molar refractivity (Wildman–Crippen MR) is 79.8 cm³/mol. The molecular formula is C16H23N3O. The molecule has 1 aromatic carbocycles. The molecule has 0 fully saturated rings. The molecule has 108 valence electrons. The standard InChI is InChI=1S/C16H23N3O/c1-19(2)10-9-18-16(12-17)8-4-5-13-6-7-14(20-3)11-15(13)16/h6-7,11,18H,4-5,8-10H2,1-3H3. The van der Waals surface area contributed by atoms with E-state index in [4.69, 9.17) is 4.74 Å². The molecule has 0 amide bonds. The highest BCUT2D eigenvalue weighted by atomic mass is 16.5. The van der Waals surface area contributed by atoms with Crippen LogP contribution in [0.5, 0.6) is 5.75 Å². The molecule has 1 unspecified atom stereocenters. The molecule has 0 radical (unpaired) electrons. The Morgan fingerprint density at radius 1 is 1.45 bits per heavy atom. The van der Waals surface area contributed by atoms with Gasteiger partial charge in [0.25, 0.3) is 0 Å². The molecule has 1 atom stereocenters. The molecular weight excluding hydrogens is 250 g/mol. The number of likely N-dealkylation sites (N-methyl/N-ethyl adjacent to an activating group) is 1. The van der Waals surface area contributed by atoms with Crippen LogP contribution in [0.25, 0.3) is 0 Å². The Balaban J connectivity index is 2.29. The first-order valence-electron chi connectivity index (χ1n) is 7.10. The van der Waals surface area contributed by atoms with Crippen LogP contribution < -0.4 is 10.1 Å². The van der Waals surface area contributed by atoms with E-state index in [0.29, 0.717) is 0 Å². The van der Waals surface area contributed by atoms with Gasteiger partial charge in [0.15, 0.2) is 0 Å². The Morgan fingerprint density at radius 2 is 2.25 bits per heavy atom. The Labute approximate surface area is 121 Å². The van der Waals surface area contributed by atoms with Crippen molar-refractivity contribution < 1.29 is 4.74 Å². The number of hydrogen-bond donors (Lipinski definition) is 1. The lowest BCUT2D eigenvalue weighted by Crippen LogP contribution is -2.46. The SMILES string of the molecule is COc1ccc2c(c1)C(C#N)(NCCN(C)C)CCC2. The summed E-state index contributed by atoms with van der Waals surface area (Å²) < 4.78 is 5.32. The summed E-state index contributed by atoms with van der Waals surface area (Å²) in [6, 6.07) is 8.60. The molecule has 4 nitrogen and oxygen atoms in total. The number of methoxy groups -OCH3 is 1. The van der Waals surface area contributed by atoms with Gasteiger partial charge in [-0.05, 0) is 56.6 Å². The molecule has 0 saturated heterocycles. The van der Waals surface area contributed by atoms with Crippen molar-refractivity contribution in [1.29, 1.82) is 5.26 Å². The summed E-state index contributed by atoms with van der Waals surface area (Å²) in [5, 5.41) is 13.2. The lowest BCUT2D eigenvalue weighted by molar-refractivity contribution is 0.326. The van der Waals surface area contributed by atoms with Crippen molar-refractivity contribution in [2.45, 2.75) is 24.8 Å². The third-order valence-corrected chi connectivity index (χ3v) is 3.95. The molecule has 0 bridgehead atoms. The van der Waals surface area contributed by atoms with E-state index in [9.17, 15) is 5.26 Å². The minimum absolute atomic E-state index is 0.571. The van der Waals surface area contributed by atoms with Crippen molar-refractivity contribution in [1.82, 2.24) is 10.2 Å². The maximum atomic E-state index is 9.75. The fourth-order valence-corrected chi connectivity index (χ4v) is 2.81. The molecule has 1 aliphatic rings. The Kier molecular flexibility index (Phi) is 4.64. The fourth-order valence-electron chi connectivity index (χ4n) is 2.81. The zero-order valence-electron chi connectivity index (χ0n) is 12.6. The van der Waals surface area contributed by atoms with Crippen LogP contribution >= 0.6 is 0 Å². The number of benzene rings is 1. The number of fused-ring (bicyclic) bond motifs is 1. The highest BCUT2D eigenvalue weighted by Gasteiger charge is 2.36. The number of hydrogen-bond acceptors (Lipinski definition) is 4. The topological polar surface area (TPSA) is 48.3 Å². The maximum Gasteiger partial charge on any atom is 0.132 e. The van der Waals surface area contributed by atoms with E-state index in [2.05, 4.69) is 22.4 Å². The number of aryl methyl sites for hydroxylation is 1. The van der Waals surface area contributed by atoms with E-state index in [1.165, 1.54) is 5.56 Å². The molecule has 1 aliphatic carbocycles. The number of ether oxygens (including phenoxy) is 1. The van der Waals surface area contributed by atoms with E-state index in [0.717, 1.165) is 43.7 Å².